The third-order valence-corrected chi connectivity index (χ3v) is 14.9. The number of pyridine rings is 5. The molecule has 4 radical (unpaired) electrons. The van der Waals surface area contributed by atoms with E-state index in [0.29, 0.717) is 11.4 Å². The van der Waals surface area contributed by atoms with Crippen molar-refractivity contribution in [3.8, 4) is 44.5 Å². The molecule has 2 N–H and O–H groups in total. The summed E-state index contributed by atoms with van der Waals surface area (Å²) in [5.41, 5.74) is 8.45. The number of carboxylic acid groups (broad SMARTS) is 1. The summed E-state index contributed by atoms with van der Waals surface area (Å²) in [6, 6.07) is 73.3. The zero-order valence-electron chi connectivity index (χ0n) is 57.2. The Kier molecular flexibility index (Phi) is 41.3. The van der Waals surface area contributed by atoms with Crippen molar-refractivity contribution in [1.29, 1.82) is 0 Å². The van der Waals surface area contributed by atoms with Crippen molar-refractivity contribution in [3.05, 3.63) is 345 Å². The van der Waals surface area contributed by atoms with E-state index in [1.165, 1.54) is 72.0 Å². The van der Waals surface area contributed by atoms with Gasteiger partial charge in [0, 0.05) is 176 Å². The van der Waals surface area contributed by atoms with E-state index in [9.17, 15) is 31.5 Å². The van der Waals surface area contributed by atoms with Gasteiger partial charge in [-0.1, -0.05) is 95.7 Å². The summed E-state index contributed by atoms with van der Waals surface area (Å²) in [5.74, 6) is -4.41. The number of hydrogen-bond acceptors (Lipinski definition) is 14. The third kappa shape index (κ3) is 29.1. The normalized spacial score (nSPS) is 11.2. The number of halogens is 5. The minimum atomic E-state index is -0.990. The molecule has 558 valence electrons. The van der Waals surface area contributed by atoms with Crippen LogP contribution in [0.1, 0.15) is 29.9 Å². The molecule has 1 fully saturated rings. The van der Waals surface area contributed by atoms with Crippen molar-refractivity contribution in [2.45, 2.75) is 20.8 Å². The Bertz CT molecular complexity index is 4820. The predicted molar refractivity (Wildman–Crippen MR) is 387 cm³/mol. The molecule has 0 saturated carbocycles. The molecule has 0 unspecified atom stereocenters. The molecule has 7 aromatic heterocycles. The molecule has 0 bridgehead atoms. The quantitative estimate of drug-likeness (QED) is 0.0633. The number of hydrogen-bond donors (Lipinski definition) is 2. The van der Waals surface area contributed by atoms with Crippen molar-refractivity contribution in [3.63, 3.8) is 0 Å². The molecule has 15 rings (SSSR count). The number of rotatable bonds is 8. The summed E-state index contributed by atoms with van der Waals surface area (Å²) < 4.78 is 66.6. The number of fused-ring (bicyclic) bond motifs is 2. The van der Waals surface area contributed by atoms with Gasteiger partial charge in [0.25, 0.3) is 0 Å². The number of carboxylic acids is 1. The Morgan fingerprint density at radius 3 is 1.72 bits per heavy atom. The van der Waals surface area contributed by atoms with Crippen LogP contribution < -0.4 is 19.8 Å². The van der Waals surface area contributed by atoms with Crippen molar-refractivity contribution < 1.29 is 142 Å². The largest absolute Gasteiger partial charge is 3.00 e. The van der Waals surface area contributed by atoms with Gasteiger partial charge in [-0.3, -0.25) is 36.6 Å². The van der Waals surface area contributed by atoms with E-state index >= 15 is 0 Å². The molecule has 0 spiro atoms. The minimum absolute atomic E-state index is 0. The maximum Gasteiger partial charge on any atom is 3.00 e. The van der Waals surface area contributed by atoms with Gasteiger partial charge in [-0.15, -0.1) is 83.0 Å². The van der Waals surface area contributed by atoms with Gasteiger partial charge in [-0.05, 0) is 124 Å². The van der Waals surface area contributed by atoms with Crippen LogP contribution in [0.2, 0.25) is 0 Å². The van der Waals surface area contributed by atoms with E-state index in [1.54, 1.807) is 78.5 Å². The zero-order valence-corrected chi connectivity index (χ0v) is 70.0. The van der Waals surface area contributed by atoms with Crippen LogP contribution in [0, 0.1) is 86.3 Å². The first kappa shape index (κ1) is 91.9. The van der Waals surface area contributed by atoms with E-state index in [2.05, 4.69) is 152 Å². The first-order chi connectivity index (χ1) is 49.3. The second-order valence-corrected chi connectivity index (χ2v) is 22.6. The molecule has 13 aromatic rings. The Labute approximate surface area is 689 Å². The molecule has 107 heavy (non-hydrogen) atoms. The zero-order chi connectivity index (χ0) is 72.8. The van der Waals surface area contributed by atoms with Gasteiger partial charge < -0.3 is 55.0 Å². The number of allylic oxidation sites excluding steroid dienone is 2. The number of thiophene rings is 1. The summed E-state index contributed by atoms with van der Waals surface area (Å²) in [6.07, 6.45) is 10.9. The van der Waals surface area contributed by atoms with Crippen LogP contribution in [0.3, 0.4) is 0 Å². The Hall–Kier alpha value is -9.33. The Balaban J connectivity index is 0.000000319. The van der Waals surface area contributed by atoms with E-state index in [-0.39, 0.29) is 135 Å². The van der Waals surface area contributed by atoms with Crippen LogP contribution in [0.25, 0.3) is 59.4 Å². The fourth-order valence-corrected chi connectivity index (χ4v) is 10.2. The Morgan fingerprint density at radius 1 is 0.589 bits per heavy atom. The van der Waals surface area contributed by atoms with Gasteiger partial charge in [0.1, 0.15) is 5.69 Å². The van der Waals surface area contributed by atoms with Crippen LogP contribution >= 0.6 is 11.3 Å². The molecule has 2 aliphatic rings. The van der Waals surface area contributed by atoms with Gasteiger partial charge in [-0.25, -0.2) is 21.1 Å². The molecular weight excluding hydrogens is 2280 g/mol. The van der Waals surface area contributed by atoms with Crippen molar-refractivity contribution >= 4 is 61.6 Å². The topological polar surface area (TPSA) is 183 Å². The molecule has 0 aliphatic carbocycles. The fraction of sp³-hybridized carbons (Fsp3) is 0.0875. The first-order valence-corrected chi connectivity index (χ1v) is 31.8. The second-order valence-electron chi connectivity index (χ2n) is 21.6. The second kappa shape index (κ2) is 48.1. The SMILES string of the molecule is CC(=O)C=C(C)O.CN1[CH-]N(c2[c-]cc(F)cc2)CC1.CN1[CH-]N(c2[c-]cccc2)c2ccccc21.Fc1c[c-]c(-c2ccccn2)c(F)c1.O=C(O)c1ccccn1.[C-]#[N+]c1c(F)c[c-]c(-c2cc(C)ccn2)c1F.[Ir+3].[Ir].[Ir].[Ir].[Ir].[c-]1c(-c2ccccn2)sc2ccccc12.c1ccc(-c2ccn[n-]2)nc1. The van der Waals surface area contributed by atoms with E-state index in [1.807, 2.05) is 93.6 Å². The number of para-hydroxylation sites is 3. The Morgan fingerprint density at radius 2 is 1.20 bits per heavy atom. The van der Waals surface area contributed by atoms with Crippen molar-refractivity contribution in [2.75, 3.05) is 41.9 Å². The number of aryl methyl sites for hydroxylation is 1. The van der Waals surface area contributed by atoms with Gasteiger partial charge >= 0.3 is 26.1 Å². The molecule has 0 amide bonds. The van der Waals surface area contributed by atoms with Crippen LogP contribution in [0.5, 0.6) is 0 Å². The standard InChI is InChI=1S/C14H12N2.C13H7F2N2.C13H8NS.C11H6F2N.C10H11FN2.C8H6N3.C6H5NO2.C5H8O2.5Ir/c1-15-11-16(12-7-3-2-4-8-12)14-10-6-5-9-13(14)15;1-8-5-6-17-11(7-8)9-3-4-10(14)13(16-2)12(9)15;1-2-7-12-10(5-1)9-13(15-12)11-6-3-4-8-14-11;12-8-4-5-9(10(13)7-8)11-3-1-2-6-14-11;1-12-6-7-13(8-12)10-4-2-9(11)3-5-10;1-2-5-9-7(3-1)8-4-6-10-11-8;8-6(9)5-3-1-2-4-7-5;1-4(6)3-5(2)7;;;;;/h2-7,9-11H,1H3;4-7H,1H3;1-8H;1-4,6-7H;2-4,8H,6-7H2,1H3;1-6H;1-4H,(H,8,9);3,6H,1-2H3;;;;;/q-2;3*-1;-2;-1;;;;;;;+3. The van der Waals surface area contributed by atoms with Crippen LogP contribution in [0.4, 0.5) is 50.4 Å². The van der Waals surface area contributed by atoms with Gasteiger partial charge in [0.2, 0.25) is 0 Å². The first-order valence-electron chi connectivity index (χ1n) is 31.0. The summed E-state index contributed by atoms with van der Waals surface area (Å²) in [7, 11) is 4.07. The predicted octanol–water partition coefficient (Wildman–Crippen LogP) is 17.9. The molecule has 6 aromatic carbocycles. The average molecular weight is 2340 g/mol. The minimum Gasteiger partial charge on any atom is -0.574 e. The molecule has 1 saturated heterocycles. The number of ketones is 1. The monoisotopic (exact) mass is 2350 g/mol. The number of anilines is 4. The maximum absolute atomic E-state index is 13.8. The van der Waals surface area contributed by atoms with Crippen molar-refractivity contribution in [2.24, 2.45) is 0 Å². The number of nitrogens with zero attached hydrogens (tertiary/aromatic N) is 12. The summed E-state index contributed by atoms with van der Waals surface area (Å²) in [5, 5.41) is 25.4. The number of aromatic nitrogens is 7. The number of likely N-dealkylation sites (N-methyl/N-ethyl adjacent to an activating group) is 1. The molecule has 9 heterocycles. The van der Waals surface area contributed by atoms with Gasteiger partial charge in [-0.2, -0.15) is 49.7 Å². The summed E-state index contributed by atoms with van der Waals surface area (Å²) >= 11 is 1.73. The number of carbonyl (C=O) groups is 2. The number of aliphatic hydroxyl groups excluding tert-OH is 1. The molecular formula is C80H63F5Ir5N12O4S-5. The molecule has 16 nitrogen and oxygen atoms in total. The van der Waals surface area contributed by atoms with Gasteiger partial charge in [0.05, 0.1) is 12.3 Å². The van der Waals surface area contributed by atoms with Gasteiger partial charge in [0.15, 0.2) is 11.5 Å². The van der Waals surface area contributed by atoms with E-state index < -0.39 is 34.9 Å². The number of carbonyl (C=O) groups excluding carboxylic acids is 1. The average Bonchev–Trinajstić information content (AvgIpc) is 1.71. The van der Waals surface area contributed by atoms with E-state index in [4.69, 9.17) is 16.8 Å². The number of benzene rings is 6. The number of aromatic carboxylic acids is 1. The maximum atomic E-state index is 13.8. The molecule has 27 heteroatoms. The number of aliphatic hydroxyl groups is 1. The fourth-order valence-electron chi connectivity index (χ4n) is 9.17. The van der Waals surface area contributed by atoms with Crippen LogP contribution in [-0.4, -0.2) is 84.1 Å². The van der Waals surface area contributed by atoms with Crippen LogP contribution in [-0.2, 0) is 105 Å². The van der Waals surface area contributed by atoms with Crippen molar-refractivity contribution in [1.82, 2.24) is 40.0 Å². The third-order valence-electron chi connectivity index (χ3n) is 13.9. The summed E-state index contributed by atoms with van der Waals surface area (Å²) in [4.78, 5) is 52.5. The van der Waals surface area contributed by atoms with E-state index in [0.717, 1.165) is 70.2 Å². The molecule has 0 atom stereocenters. The smallest absolute Gasteiger partial charge is 0.574 e. The molecule has 2 aliphatic heterocycles. The van der Waals surface area contributed by atoms with Crippen LogP contribution in [0.15, 0.2) is 249 Å². The summed E-state index contributed by atoms with van der Waals surface area (Å²) in [6.45, 7) is 17.5.